The molecule has 1 aliphatic carbocycles. The van der Waals surface area contributed by atoms with Crippen LogP contribution in [0.3, 0.4) is 0 Å². The van der Waals surface area contributed by atoms with Crippen molar-refractivity contribution in [3.8, 4) is 0 Å². The number of likely N-dealkylation sites (tertiary alicyclic amines) is 1. The highest BCUT2D eigenvalue weighted by molar-refractivity contribution is 7.99. The first kappa shape index (κ1) is 19.9. The van der Waals surface area contributed by atoms with Gasteiger partial charge in [-0.15, -0.1) is 5.10 Å². The highest BCUT2D eigenvalue weighted by atomic mass is 32.2. The average Bonchev–Trinajstić information content (AvgIpc) is 3.16. The number of hydrogen-bond acceptors (Lipinski definition) is 6. The number of thioether (sulfide) groups is 1. The lowest BCUT2D eigenvalue weighted by Crippen LogP contribution is -2.44. The molecule has 0 radical (unpaired) electrons. The third kappa shape index (κ3) is 4.77. The number of rotatable bonds is 5. The molecule has 2 fully saturated rings. The molecule has 9 heteroatoms. The first-order chi connectivity index (χ1) is 14.1. The summed E-state index contributed by atoms with van der Waals surface area (Å²) in [6.07, 6.45) is 6.34. The summed E-state index contributed by atoms with van der Waals surface area (Å²) < 4.78 is 1.52. The lowest BCUT2D eigenvalue weighted by atomic mass is 9.75. The second kappa shape index (κ2) is 8.94. The third-order valence-electron chi connectivity index (χ3n) is 5.91. The number of nitrogens with zero attached hydrogens (tertiary/aromatic N) is 5. The number of aromatic nitrogens is 4. The van der Waals surface area contributed by atoms with E-state index in [0.29, 0.717) is 22.3 Å². The maximum atomic E-state index is 12.9. The van der Waals surface area contributed by atoms with Gasteiger partial charge in [-0.05, 0) is 59.4 Å². The number of tetrazole rings is 1. The molecular weight excluding hydrogens is 388 g/mol. The first-order valence-electron chi connectivity index (χ1n) is 10.1. The molecule has 2 aromatic rings. The van der Waals surface area contributed by atoms with Crippen molar-refractivity contribution >= 4 is 29.3 Å². The molecule has 1 aliphatic heterocycles. The number of carbonyl (C=O) groups excluding carboxylic acids is 2. The Bertz CT molecular complexity index is 868. The quantitative estimate of drug-likeness (QED) is 0.756. The number of hydrogen-bond donors (Lipinski definition) is 1. The Labute approximate surface area is 174 Å². The zero-order valence-corrected chi connectivity index (χ0v) is 17.4. The van der Waals surface area contributed by atoms with Crippen LogP contribution in [0.2, 0.25) is 0 Å². The lowest BCUT2D eigenvalue weighted by Gasteiger charge is -2.41. The van der Waals surface area contributed by atoms with Crippen LogP contribution in [-0.4, -0.2) is 55.8 Å². The van der Waals surface area contributed by atoms with Crippen LogP contribution in [0.4, 0.5) is 5.69 Å². The van der Waals surface area contributed by atoms with Gasteiger partial charge >= 0.3 is 0 Å². The van der Waals surface area contributed by atoms with Crippen LogP contribution in [0.5, 0.6) is 0 Å². The molecule has 2 atom stereocenters. The van der Waals surface area contributed by atoms with Crippen molar-refractivity contribution in [3.05, 3.63) is 29.8 Å². The Morgan fingerprint density at radius 3 is 2.62 bits per heavy atom. The Hall–Kier alpha value is -2.42. The zero-order valence-electron chi connectivity index (χ0n) is 16.6. The molecule has 1 saturated heterocycles. The molecule has 1 aromatic carbocycles. The topological polar surface area (TPSA) is 93.0 Å². The summed E-state index contributed by atoms with van der Waals surface area (Å²) in [7, 11) is 1.73. The monoisotopic (exact) mass is 414 g/mol. The molecule has 0 unspecified atom stereocenters. The van der Waals surface area contributed by atoms with Crippen molar-refractivity contribution in [2.75, 3.05) is 24.2 Å². The first-order valence-corrected chi connectivity index (χ1v) is 11.1. The van der Waals surface area contributed by atoms with Gasteiger partial charge in [0, 0.05) is 31.4 Å². The fraction of sp³-hybridized carbons (Fsp3) is 0.550. The van der Waals surface area contributed by atoms with E-state index in [0.717, 1.165) is 25.4 Å². The summed E-state index contributed by atoms with van der Waals surface area (Å²) in [4.78, 5) is 27.0. The molecule has 1 N–H and O–H groups in total. The van der Waals surface area contributed by atoms with Crippen LogP contribution in [0.25, 0.3) is 0 Å². The molecule has 2 heterocycles. The van der Waals surface area contributed by atoms with E-state index in [9.17, 15) is 9.59 Å². The van der Waals surface area contributed by atoms with Gasteiger partial charge in [-0.3, -0.25) is 9.59 Å². The highest BCUT2D eigenvalue weighted by Crippen LogP contribution is 2.36. The van der Waals surface area contributed by atoms with Crippen molar-refractivity contribution in [1.29, 1.82) is 0 Å². The number of fused-ring (bicyclic) bond motifs is 1. The summed E-state index contributed by atoms with van der Waals surface area (Å²) in [5.74, 6) is 1.64. The van der Waals surface area contributed by atoms with Crippen LogP contribution in [0, 0.1) is 11.8 Å². The van der Waals surface area contributed by atoms with Crippen molar-refractivity contribution in [3.63, 3.8) is 0 Å². The van der Waals surface area contributed by atoms with E-state index in [1.54, 1.807) is 31.3 Å². The number of carbonyl (C=O) groups is 2. The third-order valence-corrected chi connectivity index (χ3v) is 6.92. The van der Waals surface area contributed by atoms with Gasteiger partial charge in [0.15, 0.2) is 0 Å². The minimum absolute atomic E-state index is 0.0947. The lowest BCUT2D eigenvalue weighted by molar-refractivity contribution is -0.113. The maximum absolute atomic E-state index is 12.9. The Morgan fingerprint density at radius 2 is 1.90 bits per heavy atom. The Morgan fingerprint density at radius 1 is 1.14 bits per heavy atom. The molecule has 154 valence electrons. The molecule has 0 spiro atoms. The molecule has 2 amide bonds. The Balaban J connectivity index is 1.29. The number of amides is 2. The van der Waals surface area contributed by atoms with Gasteiger partial charge in [0.2, 0.25) is 11.1 Å². The number of nitrogens with one attached hydrogen (secondary N) is 1. The van der Waals surface area contributed by atoms with Crippen LogP contribution in [-0.2, 0) is 11.8 Å². The van der Waals surface area contributed by atoms with Gasteiger partial charge < -0.3 is 10.2 Å². The van der Waals surface area contributed by atoms with E-state index in [4.69, 9.17) is 0 Å². The average molecular weight is 415 g/mol. The molecule has 4 rings (SSSR count). The summed E-state index contributed by atoms with van der Waals surface area (Å²) in [5, 5.41) is 14.5. The van der Waals surface area contributed by atoms with Gasteiger partial charge in [0.25, 0.3) is 5.91 Å². The minimum atomic E-state index is -0.142. The fourth-order valence-corrected chi connectivity index (χ4v) is 4.98. The predicted octanol–water partition coefficient (Wildman–Crippen LogP) is 2.59. The number of anilines is 1. The standard InChI is InChI=1S/C20H26N6O2S/c1-25-20(22-23-24-25)29-13-18(27)21-17-8-6-15(7-9-17)19(28)26-11-10-14-4-2-3-5-16(14)12-26/h6-9,14,16H,2-5,10-13H2,1H3,(H,21,27)/t14-,16-/m1/s1. The summed E-state index contributed by atoms with van der Waals surface area (Å²) in [5.41, 5.74) is 1.35. The number of benzene rings is 1. The van der Waals surface area contributed by atoms with Gasteiger partial charge in [0.1, 0.15) is 0 Å². The van der Waals surface area contributed by atoms with E-state index in [-0.39, 0.29) is 17.6 Å². The second-order valence-corrected chi connectivity index (χ2v) is 8.79. The van der Waals surface area contributed by atoms with Crippen molar-refractivity contribution in [2.24, 2.45) is 18.9 Å². The molecule has 0 bridgehead atoms. The van der Waals surface area contributed by atoms with E-state index in [2.05, 4.69) is 20.8 Å². The number of piperidine rings is 1. The van der Waals surface area contributed by atoms with Crippen molar-refractivity contribution in [1.82, 2.24) is 25.1 Å². The number of aryl methyl sites for hydroxylation is 1. The SMILES string of the molecule is Cn1nnnc1SCC(=O)Nc1ccc(C(=O)N2CC[C@H]3CCCC[C@@H]3C2)cc1. The van der Waals surface area contributed by atoms with Gasteiger partial charge in [-0.25, -0.2) is 4.68 Å². The maximum Gasteiger partial charge on any atom is 0.253 e. The minimum Gasteiger partial charge on any atom is -0.338 e. The van der Waals surface area contributed by atoms with E-state index in [1.807, 2.05) is 4.90 Å². The molecule has 8 nitrogen and oxygen atoms in total. The van der Waals surface area contributed by atoms with Crippen molar-refractivity contribution in [2.45, 2.75) is 37.3 Å². The van der Waals surface area contributed by atoms with Crippen LogP contribution < -0.4 is 5.32 Å². The molecular formula is C20H26N6O2S. The smallest absolute Gasteiger partial charge is 0.253 e. The van der Waals surface area contributed by atoms with E-state index >= 15 is 0 Å². The normalized spacial score (nSPS) is 21.5. The second-order valence-electron chi connectivity index (χ2n) is 7.84. The largest absolute Gasteiger partial charge is 0.338 e. The fourth-order valence-electron chi connectivity index (χ4n) is 4.33. The molecule has 2 aliphatic rings. The summed E-state index contributed by atoms with van der Waals surface area (Å²) in [6, 6.07) is 7.16. The zero-order chi connectivity index (χ0) is 20.2. The molecule has 29 heavy (non-hydrogen) atoms. The van der Waals surface area contributed by atoms with E-state index < -0.39 is 0 Å². The predicted molar refractivity (Wildman–Crippen MR) is 111 cm³/mol. The van der Waals surface area contributed by atoms with Gasteiger partial charge in [-0.1, -0.05) is 31.0 Å². The van der Waals surface area contributed by atoms with Gasteiger partial charge in [-0.2, -0.15) is 0 Å². The molecule has 1 aromatic heterocycles. The Kier molecular flexibility index (Phi) is 6.13. The summed E-state index contributed by atoms with van der Waals surface area (Å²) >= 11 is 1.27. The van der Waals surface area contributed by atoms with Crippen LogP contribution in [0.15, 0.2) is 29.4 Å². The molecule has 1 saturated carbocycles. The van der Waals surface area contributed by atoms with Crippen LogP contribution in [0.1, 0.15) is 42.5 Å². The van der Waals surface area contributed by atoms with E-state index in [1.165, 1.54) is 42.1 Å². The summed E-state index contributed by atoms with van der Waals surface area (Å²) in [6.45, 7) is 1.74. The van der Waals surface area contributed by atoms with Crippen molar-refractivity contribution < 1.29 is 9.59 Å². The van der Waals surface area contributed by atoms with Gasteiger partial charge in [0.05, 0.1) is 5.75 Å². The highest BCUT2D eigenvalue weighted by Gasteiger charge is 2.33. The van der Waals surface area contributed by atoms with Crippen LogP contribution >= 0.6 is 11.8 Å².